The minimum atomic E-state index is -0.344. The summed E-state index contributed by atoms with van der Waals surface area (Å²) in [6.45, 7) is 0.390. The van der Waals surface area contributed by atoms with Crippen LogP contribution < -0.4 is 10.1 Å². The number of carbonyl (C=O) groups is 1. The van der Waals surface area contributed by atoms with Crippen LogP contribution in [-0.4, -0.2) is 18.0 Å². The molecule has 0 aliphatic rings. The van der Waals surface area contributed by atoms with Gasteiger partial charge >= 0.3 is 0 Å². The number of ether oxygens (including phenoxy) is 1. The molecule has 1 amide bonds. The Labute approximate surface area is 126 Å². The number of methoxy groups -OCH3 is 1. The summed E-state index contributed by atoms with van der Waals surface area (Å²) < 4.78 is 18.7. The molecule has 0 fully saturated rings. The van der Waals surface area contributed by atoms with Crippen LogP contribution in [0.3, 0.4) is 0 Å². The van der Waals surface area contributed by atoms with Crippen molar-refractivity contribution in [3.05, 3.63) is 65.6 Å². The van der Waals surface area contributed by atoms with Crippen molar-refractivity contribution < 1.29 is 13.9 Å². The standard InChI is InChI=1S/C17H15FN2O2/c1-22-12-7-5-11(6-8-12)10-19-17(21)16-9-13-14(18)3-2-4-15(13)20-16/h2-9,20H,10H2,1H3,(H,19,21). The van der Waals surface area contributed by atoms with E-state index >= 15 is 0 Å². The van der Waals surface area contributed by atoms with Gasteiger partial charge in [-0.2, -0.15) is 0 Å². The van der Waals surface area contributed by atoms with E-state index in [0.29, 0.717) is 23.1 Å². The molecule has 2 aromatic carbocycles. The fraction of sp³-hybridized carbons (Fsp3) is 0.118. The van der Waals surface area contributed by atoms with Crippen molar-refractivity contribution >= 4 is 16.8 Å². The molecule has 0 radical (unpaired) electrons. The summed E-state index contributed by atoms with van der Waals surface area (Å²) in [6.07, 6.45) is 0. The summed E-state index contributed by atoms with van der Waals surface area (Å²) in [6, 6.07) is 13.7. The first kappa shape index (κ1) is 14.1. The zero-order valence-electron chi connectivity index (χ0n) is 12.0. The van der Waals surface area contributed by atoms with E-state index in [0.717, 1.165) is 11.3 Å². The van der Waals surface area contributed by atoms with Crippen molar-refractivity contribution in [2.45, 2.75) is 6.54 Å². The molecule has 3 rings (SSSR count). The Morgan fingerprint density at radius 3 is 2.68 bits per heavy atom. The molecular formula is C17H15FN2O2. The van der Waals surface area contributed by atoms with E-state index in [9.17, 15) is 9.18 Å². The van der Waals surface area contributed by atoms with Crippen molar-refractivity contribution in [1.29, 1.82) is 0 Å². The Morgan fingerprint density at radius 2 is 2.00 bits per heavy atom. The molecule has 1 heterocycles. The molecule has 0 bridgehead atoms. The van der Waals surface area contributed by atoms with Crippen LogP contribution in [0.2, 0.25) is 0 Å². The highest BCUT2D eigenvalue weighted by molar-refractivity contribution is 5.98. The SMILES string of the molecule is COc1ccc(CNC(=O)c2cc3c(F)cccc3[nH]2)cc1. The minimum absolute atomic E-state index is 0.272. The normalized spacial score (nSPS) is 10.6. The van der Waals surface area contributed by atoms with Crippen LogP contribution in [0.15, 0.2) is 48.5 Å². The van der Waals surface area contributed by atoms with Gasteiger partial charge in [-0.15, -0.1) is 0 Å². The van der Waals surface area contributed by atoms with E-state index < -0.39 is 0 Å². The van der Waals surface area contributed by atoms with Gasteiger partial charge < -0.3 is 15.0 Å². The molecule has 0 atom stereocenters. The molecule has 1 aromatic heterocycles. The van der Waals surface area contributed by atoms with Gasteiger partial charge in [-0.25, -0.2) is 4.39 Å². The van der Waals surface area contributed by atoms with Gasteiger partial charge in [0.05, 0.1) is 7.11 Å². The third-order valence-corrected chi connectivity index (χ3v) is 3.47. The van der Waals surface area contributed by atoms with Gasteiger partial charge in [0.25, 0.3) is 5.91 Å². The Balaban J connectivity index is 1.71. The average Bonchev–Trinajstić information content (AvgIpc) is 2.99. The van der Waals surface area contributed by atoms with Crippen LogP contribution in [0.25, 0.3) is 10.9 Å². The first-order valence-electron chi connectivity index (χ1n) is 6.86. The monoisotopic (exact) mass is 298 g/mol. The summed E-state index contributed by atoms with van der Waals surface area (Å²) in [5.74, 6) is 0.149. The van der Waals surface area contributed by atoms with Gasteiger partial charge in [0.15, 0.2) is 0 Å². The fourth-order valence-electron chi connectivity index (χ4n) is 2.26. The maximum atomic E-state index is 13.6. The largest absolute Gasteiger partial charge is 0.497 e. The predicted octanol–water partition coefficient (Wildman–Crippen LogP) is 3.25. The van der Waals surface area contributed by atoms with Crippen LogP contribution in [0.1, 0.15) is 16.1 Å². The van der Waals surface area contributed by atoms with Crippen LogP contribution in [0.5, 0.6) is 5.75 Å². The van der Waals surface area contributed by atoms with E-state index in [2.05, 4.69) is 10.3 Å². The summed E-state index contributed by atoms with van der Waals surface area (Å²) in [7, 11) is 1.60. The van der Waals surface area contributed by atoms with Gasteiger partial charge in [-0.3, -0.25) is 4.79 Å². The molecule has 3 aromatic rings. The maximum absolute atomic E-state index is 13.6. The second-order valence-electron chi connectivity index (χ2n) is 4.91. The molecule has 0 aliphatic carbocycles. The van der Waals surface area contributed by atoms with Crippen molar-refractivity contribution in [3.8, 4) is 5.75 Å². The molecule has 0 aliphatic heterocycles. The molecule has 2 N–H and O–H groups in total. The molecule has 0 saturated carbocycles. The number of aromatic nitrogens is 1. The van der Waals surface area contributed by atoms with Gasteiger partial charge in [-0.1, -0.05) is 18.2 Å². The molecular weight excluding hydrogens is 283 g/mol. The Kier molecular flexibility index (Phi) is 3.78. The lowest BCUT2D eigenvalue weighted by atomic mass is 10.2. The molecule has 0 saturated heterocycles. The summed E-state index contributed by atoms with van der Waals surface area (Å²) in [5, 5.41) is 3.21. The third-order valence-electron chi connectivity index (χ3n) is 3.47. The zero-order valence-corrected chi connectivity index (χ0v) is 12.0. The van der Waals surface area contributed by atoms with Crippen molar-refractivity contribution in [2.24, 2.45) is 0 Å². The molecule has 112 valence electrons. The number of aromatic amines is 1. The van der Waals surface area contributed by atoms with Crippen LogP contribution in [0, 0.1) is 5.82 Å². The summed E-state index contributed by atoms with van der Waals surface area (Å²) >= 11 is 0. The van der Waals surface area contributed by atoms with Crippen molar-refractivity contribution in [1.82, 2.24) is 10.3 Å². The predicted molar refractivity (Wildman–Crippen MR) is 82.4 cm³/mol. The molecule has 4 nitrogen and oxygen atoms in total. The van der Waals surface area contributed by atoms with Gasteiger partial charge in [0, 0.05) is 17.4 Å². The van der Waals surface area contributed by atoms with Crippen molar-refractivity contribution in [2.75, 3.05) is 7.11 Å². The highest BCUT2D eigenvalue weighted by atomic mass is 19.1. The maximum Gasteiger partial charge on any atom is 0.267 e. The quantitative estimate of drug-likeness (QED) is 0.777. The smallest absolute Gasteiger partial charge is 0.267 e. The Morgan fingerprint density at radius 1 is 1.23 bits per heavy atom. The van der Waals surface area contributed by atoms with E-state index in [1.807, 2.05) is 24.3 Å². The minimum Gasteiger partial charge on any atom is -0.497 e. The van der Waals surface area contributed by atoms with Crippen molar-refractivity contribution in [3.63, 3.8) is 0 Å². The van der Waals surface area contributed by atoms with Crippen LogP contribution >= 0.6 is 0 Å². The van der Waals surface area contributed by atoms with Gasteiger partial charge in [0.1, 0.15) is 17.3 Å². The Bertz CT molecular complexity index is 809. The van der Waals surface area contributed by atoms with Gasteiger partial charge in [0.2, 0.25) is 0 Å². The first-order chi connectivity index (χ1) is 10.7. The topological polar surface area (TPSA) is 54.1 Å². The number of fused-ring (bicyclic) bond motifs is 1. The van der Waals surface area contributed by atoms with E-state index in [4.69, 9.17) is 4.74 Å². The number of H-pyrrole nitrogens is 1. The molecule has 22 heavy (non-hydrogen) atoms. The highest BCUT2D eigenvalue weighted by Crippen LogP contribution is 2.18. The number of amides is 1. The van der Waals surface area contributed by atoms with Gasteiger partial charge in [-0.05, 0) is 35.9 Å². The lowest BCUT2D eigenvalue weighted by molar-refractivity contribution is 0.0947. The lowest BCUT2D eigenvalue weighted by Crippen LogP contribution is -2.22. The average molecular weight is 298 g/mol. The number of carbonyl (C=O) groups excluding carboxylic acids is 1. The summed E-state index contributed by atoms with van der Waals surface area (Å²) in [4.78, 5) is 15.1. The number of halogens is 1. The number of nitrogens with one attached hydrogen (secondary N) is 2. The van der Waals surface area contributed by atoms with Crippen LogP contribution in [0.4, 0.5) is 4.39 Å². The molecule has 0 spiro atoms. The fourth-order valence-corrected chi connectivity index (χ4v) is 2.26. The number of hydrogen-bond donors (Lipinski definition) is 2. The number of rotatable bonds is 4. The first-order valence-corrected chi connectivity index (χ1v) is 6.86. The summed E-state index contributed by atoms with van der Waals surface area (Å²) in [5.41, 5.74) is 1.90. The zero-order chi connectivity index (χ0) is 15.5. The van der Waals surface area contributed by atoms with Crippen LogP contribution in [-0.2, 0) is 6.54 Å². The van der Waals surface area contributed by atoms with E-state index in [-0.39, 0.29) is 11.7 Å². The third kappa shape index (κ3) is 2.79. The molecule has 5 heteroatoms. The number of benzene rings is 2. The number of hydrogen-bond acceptors (Lipinski definition) is 2. The highest BCUT2D eigenvalue weighted by Gasteiger charge is 2.11. The Hall–Kier alpha value is -2.82. The second-order valence-corrected chi connectivity index (χ2v) is 4.91. The second kappa shape index (κ2) is 5.89. The van der Waals surface area contributed by atoms with E-state index in [1.54, 1.807) is 19.2 Å². The lowest BCUT2D eigenvalue weighted by Gasteiger charge is -2.05. The van der Waals surface area contributed by atoms with E-state index in [1.165, 1.54) is 12.1 Å². The molecule has 0 unspecified atom stereocenters.